The summed E-state index contributed by atoms with van der Waals surface area (Å²) in [4.78, 5) is 44.8. The minimum Gasteiger partial charge on any atom is -0.495 e. The fraction of sp³-hybridized carbons (Fsp3) is 0.345. The summed E-state index contributed by atoms with van der Waals surface area (Å²) in [6, 6.07) is 7.82. The number of hydrogen-bond donors (Lipinski definition) is 1. The number of methoxy groups -OCH3 is 1. The number of anilines is 1. The number of benzene rings is 2. The van der Waals surface area contributed by atoms with Gasteiger partial charge in [-0.2, -0.15) is 8.78 Å². The molecular weight excluding hydrogens is 663 g/mol. The van der Waals surface area contributed by atoms with Crippen molar-refractivity contribution in [2.75, 3.05) is 38.4 Å². The Morgan fingerprint density at radius 2 is 1.86 bits per heavy atom. The standard InChI is InChI=1S/C29H24Cl3F2N3O6S/c1-41-20-8-15-11-36(10-14(15)7-19(20)37-5-2-6-43-28(37)40)27(39)23-21(9-22(29(32,33)34)35-26(23)38)44-25-18(30)4-3-17(24(25)31)16-12-42-13-16/h3-4,7-9,16H,2,5-6,10-13H2,1H3,(H,35,38). The first-order chi connectivity index (χ1) is 21.0. The number of fused-ring (bicyclic) bond motifs is 1. The molecule has 3 aliphatic rings. The van der Waals surface area contributed by atoms with E-state index in [1.807, 2.05) is 0 Å². The molecule has 2 saturated heterocycles. The normalized spacial score (nSPS) is 16.9. The van der Waals surface area contributed by atoms with Gasteiger partial charge in [-0.15, -0.1) is 0 Å². The highest BCUT2D eigenvalue weighted by Gasteiger charge is 2.36. The topological polar surface area (TPSA) is 101 Å². The molecule has 0 atom stereocenters. The molecule has 9 nitrogen and oxygen atoms in total. The third-order valence-electron chi connectivity index (χ3n) is 7.66. The summed E-state index contributed by atoms with van der Waals surface area (Å²) >= 11 is 19.3. The van der Waals surface area contributed by atoms with Crippen LogP contribution < -0.4 is 15.2 Å². The van der Waals surface area contributed by atoms with Crippen LogP contribution in [0.2, 0.25) is 10.0 Å². The Hall–Kier alpha value is -3.03. The number of aromatic nitrogens is 1. The van der Waals surface area contributed by atoms with Crippen LogP contribution in [0.4, 0.5) is 19.3 Å². The molecule has 6 rings (SSSR count). The first-order valence-electron chi connectivity index (χ1n) is 13.5. The zero-order valence-electron chi connectivity index (χ0n) is 23.1. The number of nitrogens with zero attached hydrogens (tertiary/aromatic N) is 2. The number of cyclic esters (lactones) is 1. The van der Waals surface area contributed by atoms with E-state index in [2.05, 4.69) is 4.98 Å². The van der Waals surface area contributed by atoms with Gasteiger partial charge in [-0.3, -0.25) is 14.5 Å². The molecule has 3 aromatic rings. The monoisotopic (exact) mass is 685 g/mol. The van der Waals surface area contributed by atoms with E-state index in [1.165, 1.54) is 16.9 Å². The molecule has 1 aromatic heterocycles. The Kier molecular flexibility index (Phi) is 8.48. The number of carbonyl (C=O) groups is 2. The molecule has 3 aliphatic heterocycles. The minimum absolute atomic E-state index is 0.0268. The third-order valence-corrected chi connectivity index (χ3v) is 9.98. The van der Waals surface area contributed by atoms with Gasteiger partial charge in [0.2, 0.25) is 0 Å². The number of ether oxygens (including phenoxy) is 3. The summed E-state index contributed by atoms with van der Waals surface area (Å²) in [5.41, 5.74) is 0.410. The first-order valence-corrected chi connectivity index (χ1v) is 15.4. The molecule has 0 saturated carbocycles. The maximum Gasteiger partial charge on any atom is 0.414 e. The molecule has 2 fully saturated rings. The lowest BCUT2D eigenvalue weighted by atomic mass is 9.98. The molecule has 44 heavy (non-hydrogen) atoms. The number of hydrogen-bond acceptors (Lipinski definition) is 7. The molecule has 0 bridgehead atoms. The van der Waals surface area contributed by atoms with Crippen molar-refractivity contribution in [3.8, 4) is 5.75 Å². The smallest absolute Gasteiger partial charge is 0.414 e. The Morgan fingerprint density at radius 1 is 1.14 bits per heavy atom. The van der Waals surface area contributed by atoms with Crippen molar-refractivity contribution in [2.24, 2.45) is 0 Å². The van der Waals surface area contributed by atoms with E-state index in [0.29, 0.717) is 49.1 Å². The number of alkyl halides is 3. The zero-order valence-corrected chi connectivity index (χ0v) is 26.1. The number of carbonyl (C=O) groups excluding carboxylic acids is 2. The summed E-state index contributed by atoms with van der Waals surface area (Å²) in [5.74, 6) is -0.261. The Balaban J connectivity index is 1.37. The molecule has 2 amide bonds. The van der Waals surface area contributed by atoms with Crippen LogP contribution in [0, 0.1) is 0 Å². The number of H-pyrrole nitrogens is 1. The molecule has 15 heteroatoms. The minimum atomic E-state index is -3.92. The Bertz CT molecular complexity index is 1730. The van der Waals surface area contributed by atoms with E-state index in [1.54, 1.807) is 24.3 Å². The highest BCUT2D eigenvalue weighted by molar-refractivity contribution is 7.99. The van der Waals surface area contributed by atoms with Crippen LogP contribution in [0.15, 0.2) is 44.9 Å². The van der Waals surface area contributed by atoms with Crippen LogP contribution in [0.3, 0.4) is 0 Å². The van der Waals surface area contributed by atoms with E-state index in [0.717, 1.165) is 34.5 Å². The maximum atomic E-state index is 14.2. The summed E-state index contributed by atoms with van der Waals surface area (Å²) in [5, 5.41) is -3.43. The molecule has 232 valence electrons. The van der Waals surface area contributed by atoms with Crippen molar-refractivity contribution < 1.29 is 32.6 Å². The van der Waals surface area contributed by atoms with Crippen molar-refractivity contribution in [1.29, 1.82) is 0 Å². The second-order valence-electron chi connectivity index (χ2n) is 10.4. The number of rotatable bonds is 7. The van der Waals surface area contributed by atoms with Crippen molar-refractivity contribution in [3.63, 3.8) is 0 Å². The van der Waals surface area contributed by atoms with Crippen LogP contribution in [0.5, 0.6) is 5.75 Å². The molecule has 4 heterocycles. The lowest BCUT2D eigenvalue weighted by Crippen LogP contribution is -2.38. The second-order valence-corrected chi connectivity index (χ2v) is 12.8. The maximum absolute atomic E-state index is 14.2. The first kappa shape index (κ1) is 31.0. The quantitative estimate of drug-likeness (QED) is 0.275. The fourth-order valence-electron chi connectivity index (χ4n) is 5.32. The van der Waals surface area contributed by atoms with Crippen molar-refractivity contribution in [2.45, 2.75) is 40.6 Å². The van der Waals surface area contributed by atoms with Gasteiger partial charge in [-0.05, 0) is 59.0 Å². The summed E-state index contributed by atoms with van der Waals surface area (Å²) < 4.78 is 44.4. The highest BCUT2D eigenvalue weighted by Crippen LogP contribution is 2.45. The number of amides is 2. The van der Waals surface area contributed by atoms with E-state index >= 15 is 0 Å². The SMILES string of the molecule is COc1cc2c(cc1N1CCCOC1=O)CN(C(=O)c1c(Sc3c(Cl)ccc(C4COC4)c3Cl)cc(C(F)(F)Cl)[nH]c1=O)C2. The average Bonchev–Trinajstić information content (AvgIpc) is 3.37. The van der Waals surface area contributed by atoms with Crippen LogP contribution in [-0.4, -0.2) is 55.4 Å². The molecule has 0 radical (unpaired) electrons. The van der Waals surface area contributed by atoms with E-state index in [-0.39, 0.29) is 39.5 Å². The second kappa shape index (κ2) is 12.1. The van der Waals surface area contributed by atoms with Crippen LogP contribution in [0.1, 0.15) is 45.1 Å². The Labute approximate surface area is 269 Å². The van der Waals surface area contributed by atoms with Crippen molar-refractivity contribution in [3.05, 3.63) is 78.7 Å². The van der Waals surface area contributed by atoms with E-state index < -0.39 is 28.6 Å². The third kappa shape index (κ3) is 5.74. The fourth-order valence-corrected chi connectivity index (χ4v) is 7.23. The largest absolute Gasteiger partial charge is 0.495 e. The predicted molar refractivity (Wildman–Crippen MR) is 161 cm³/mol. The van der Waals surface area contributed by atoms with Gasteiger partial charge in [0, 0.05) is 35.3 Å². The van der Waals surface area contributed by atoms with Gasteiger partial charge in [-0.1, -0.05) is 41.0 Å². The van der Waals surface area contributed by atoms with Gasteiger partial charge < -0.3 is 24.1 Å². The van der Waals surface area contributed by atoms with E-state index in [4.69, 9.17) is 49.0 Å². The van der Waals surface area contributed by atoms with Gasteiger partial charge in [0.15, 0.2) is 0 Å². The van der Waals surface area contributed by atoms with Crippen molar-refractivity contribution in [1.82, 2.24) is 9.88 Å². The predicted octanol–water partition coefficient (Wildman–Crippen LogP) is 6.75. The molecule has 0 spiro atoms. The molecular formula is C29H24Cl3F2N3O6S. The average molecular weight is 687 g/mol. The molecule has 0 unspecified atom stereocenters. The zero-order chi connectivity index (χ0) is 31.3. The highest BCUT2D eigenvalue weighted by atomic mass is 35.5. The van der Waals surface area contributed by atoms with Crippen LogP contribution >= 0.6 is 46.6 Å². The number of halogens is 5. The molecule has 2 aromatic carbocycles. The van der Waals surface area contributed by atoms with Gasteiger partial charge in [0.1, 0.15) is 17.0 Å². The van der Waals surface area contributed by atoms with Crippen LogP contribution in [-0.2, 0) is 27.9 Å². The van der Waals surface area contributed by atoms with Gasteiger partial charge in [0.05, 0.1) is 42.7 Å². The Morgan fingerprint density at radius 3 is 2.50 bits per heavy atom. The number of aromatic amines is 1. The van der Waals surface area contributed by atoms with Crippen molar-refractivity contribution >= 4 is 64.3 Å². The molecule has 0 aliphatic carbocycles. The number of nitrogens with one attached hydrogen (secondary N) is 1. The summed E-state index contributed by atoms with van der Waals surface area (Å²) in [6.07, 6.45) is 0.138. The lowest BCUT2D eigenvalue weighted by Gasteiger charge is -2.28. The van der Waals surface area contributed by atoms with Gasteiger partial charge in [-0.25, -0.2) is 4.79 Å². The van der Waals surface area contributed by atoms with Crippen LogP contribution in [0.25, 0.3) is 0 Å². The number of pyridine rings is 1. The van der Waals surface area contributed by atoms with E-state index in [9.17, 15) is 23.2 Å². The van der Waals surface area contributed by atoms with Gasteiger partial charge in [0.25, 0.3) is 11.5 Å². The van der Waals surface area contributed by atoms with Gasteiger partial charge >= 0.3 is 11.5 Å². The lowest BCUT2D eigenvalue weighted by molar-refractivity contribution is 0.00838. The summed E-state index contributed by atoms with van der Waals surface area (Å²) in [7, 11) is 1.47. The summed E-state index contributed by atoms with van der Waals surface area (Å²) in [6.45, 7) is 1.87. The molecule has 1 N–H and O–H groups in total.